The first-order valence-corrected chi connectivity index (χ1v) is 9.66. The third kappa shape index (κ3) is 5.57. The average molecular weight is 486 g/mol. The second-order valence-corrected chi connectivity index (χ2v) is 7.72. The standard InChI is InChI=1S/C19H26N4OS.HI/c1-4-20-18(22-10-9-17-21-11-12-25-17)23-15-13-19(2,3)24-16-8-6-5-7-14(15)16;/h5-8,11-12,15H,4,9-10,13H2,1-3H3,(H2,20,22,23);1H. The highest BCUT2D eigenvalue weighted by Gasteiger charge is 2.33. The van der Waals surface area contributed by atoms with Crippen molar-refractivity contribution in [3.63, 3.8) is 0 Å². The lowest BCUT2D eigenvalue weighted by Crippen LogP contribution is -2.45. The van der Waals surface area contributed by atoms with E-state index in [0.717, 1.165) is 42.6 Å². The van der Waals surface area contributed by atoms with Gasteiger partial charge in [0.15, 0.2) is 5.96 Å². The first-order valence-electron chi connectivity index (χ1n) is 8.78. The van der Waals surface area contributed by atoms with Gasteiger partial charge in [0.1, 0.15) is 11.4 Å². The van der Waals surface area contributed by atoms with Crippen LogP contribution in [-0.4, -0.2) is 29.6 Å². The predicted molar refractivity (Wildman–Crippen MR) is 119 cm³/mol. The summed E-state index contributed by atoms with van der Waals surface area (Å²) in [6.45, 7) is 7.89. The molecule has 0 radical (unpaired) electrons. The van der Waals surface area contributed by atoms with Crippen LogP contribution in [0.25, 0.3) is 0 Å². The Bertz CT molecular complexity index is 718. The number of aromatic nitrogens is 1. The lowest BCUT2D eigenvalue weighted by atomic mass is 9.90. The molecule has 2 N–H and O–H groups in total. The van der Waals surface area contributed by atoms with Gasteiger partial charge in [0, 0.05) is 43.1 Å². The van der Waals surface area contributed by atoms with Crippen LogP contribution in [0.3, 0.4) is 0 Å². The van der Waals surface area contributed by atoms with Crippen molar-refractivity contribution in [1.29, 1.82) is 0 Å². The van der Waals surface area contributed by atoms with Crippen molar-refractivity contribution < 1.29 is 4.74 Å². The SMILES string of the molecule is CCNC(=NCCc1nccs1)NC1CC(C)(C)Oc2ccccc21.I. The van der Waals surface area contributed by atoms with E-state index in [1.54, 1.807) is 11.3 Å². The molecule has 0 bridgehead atoms. The first-order chi connectivity index (χ1) is 12.1. The highest BCUT2D eigenvalue weighted by molar-refractivity contribution is 14.0. The van der Waals surface area contributed by atoms with Gasteiger partial charge in [-0.3, -0.25) is 4.99 Å². The molecule has 1 aliphatic rings. The van der Waals surface area contributed by atoms with E-state index in [9.17, 15) is 0 Å². The summed E-state index contributed by atoms with van der Waals surface area (Å²) in [7, 11) is 0. The van der Waals surface area contributed by atoms with E-state index in [-0.39, 0.29) is 35.6 Å². The molecule has 1 aliphatic heterocycles. The number of rotatable bonds is 5. The number of halogens is 1. The van der Waals surface area contributed by atoms with Crippen LogP contribution >= 0.6 is 35.3 Å². The molecular formula is C19H27IN4OS. The Morgan fingerprint density at radius 3 is 2.92 bits per heavy atom. The normalized spacial score (nSPS) is 18.3. The molecule has 0 fully saturated rings. The number of nitrogens with one attached hydrogen (secondary N) is 2. The van der Waals surface area contributed by atoms with Gasteiger partial charge in [-0.1, -0.05) is 18.2 Å². The lowest BCUT2D eigenvalue weighted by molar-refractivity contribution is 0.0694. The molecule has 1 atom stereocenters. The van der Waals surface area contributed by atoms with Gasteiger partial charge in [-0.05, 0) is 26.8 Å². The van der Waals surface area contributed by atoms with Gasteiger partial charge >= 0.3 is 0 Å². The van der Waals surface area contributed by atoms with Gasteiger partial charge in [-0.25, -0.2) is 4.98 Å². The summed E-state index contributed by atoms with van der Waals surface area (Å²) in [5.74, 6) is 1.80. The van der Waals surface area contributed by atoms with Gasteiger partial charge < -0.3 is 15.4 Å². The quantitative estimate of drug-likeness (QED) is 0.379. The zero-order chi connectivity index (χ0) is 17.7. The fourth-order valence-corrected chi connectivity index (χ4v) is 3.67. The number of ether oxygens (including phenoxy) is 1. The molecule has 0 saturated heterocycles. The first kappa shape index (κ1) is 21.0. The van der Waals surface area contributed by atoms with Crippen LogP contribution < -0.4 is 15.4 Å². The zero-order valence-corrected chi connectivity index (χ0v) is 18.6. The maximum absolute atomic E-state index is 6.11. The Labute approximate surface area is 176 Å². The largest absolute Gasteiger partial charge is 0.487 e. The summed E-state index contributed by atoms with van der Waals surface area (Å²) >= 11 is 1.68. The van der Waals surface area contributed by atoms with E-state index in [0.29, 0.717) is 0 Å². The number of aliphatic imine (C=N–C) groups is 1. The molecule has 0 amide bonds. The minimum absolute atomic E-state index is 0. The minimum atomic E-state index is -0.204. The second-order valence-electron chi connectivity index (χ2n) is 6.74. The molecule has 1 aromatic carbocycles. The van der Waals surface area contributed by atoms with Crippen LogP contribution in [0.15, 0.2) is 40.8 Å². The third-order valence-electron chi connectivity index (χ3n) is 4.11. The van der Waals surface area contributed by atoms with Crippen LogP contribution in [0.4, 0.5) is 0 Å². The van der Waals surface area contributed by atoms with Gasteiger partial charge in [0.25, 0.3) is 0 Å². The van der Waals surface area contributed by atoms with Crippen LogP contribution in [0.5, 0.6) is 5.75 Å². The molecule has 0 spiro atoms. The van der Waals surface area contributed by atoms with E-state index in [2.05, 4.69) is 48.5 Å². The number of guanidine groups is 1. The van der Waals surface area contributed by atoms with Crippen molar-refractivity contribution in [3.05, 3.63) is 46.4 Å². The molecule has 5 nitrogen and oxygen atoms in total. The summed E-state index contributed by atoms with van der Waals surface area (Å²) < 4.78 is 6.11. The number of thiazole rings is 1. The van der Waals surface area contributed by atoms with Crippen molar-refractivity contribution in [1.82, 2.24) is 15.6 Å². The van der Waals surface area contributed by atoms with Crippen molar-refractivity contribution >= 4 is 41.3 Å². The number of para-hydroxylation sites is 1. The number of hydrogen-bond donors (Lipinski definition) is 2. The van der Waals surface area contributed by atoms with Crippen LogP contribution in [0, 0.1) is 0 Å². The number of hydrogen-bond acceptors (Lipinski definition) is 4. The van der Waals surface area contributed by atoms with Crippen molar-refractivity contribution in [2.75, 3.05) is 13.1 Å². The van der Waals surface area contributed by atoms with Crippen molar-refractivity contribution in [2.24, 2.45) is 4.99 Å². The van der Waals surface area contributed by atoms with Crippen molar-refractivity contribution in [2.45, 2.75) is 45.3 Å². The lowest BCUT2D eigenvalue weighted by Gasteiger charge is -2.38. The van der Waals surface area contributed by atoms with E-state index >= 15 is 0 Å². The van der Waals surface area contributed by atoms with Gasteiger partial charge in [-0.15, -0.1) is 35.3 Å². The minimum Gasteiger partial charge on any atom is -0.487 e. The smallest absolute Gasteiger partial charge is 0.191 e. The molecule has 3 rings (SSSR count). The summed E-state index contributed by atoms with van der Waals surface area (Å²) in [6, 6.07) is 8.42. The Morgan fingerprint density at radius 1 is 1.38 bits per heavy atom. The fourth-order valence-electron chi connectivity index (χ4n) is 3.06. The Hall–Kier alpha value is -1.35. The number of fused-ring (bicyclic) bond motifs is 1. The maximum atomic E-state index is 6.11. The molecule has 0 aliphatic carbocycles. The Kier molecular flexibility index (Phi) is 7.69. The highest BCUT2D eigenvalue weighted by atomic mass is 127. The number of nitrogens with zero attached hydrogens (tertiary/aromatic N) is 2. The van der Waals surface area contributed by atoms with Crippen LogP contribution in [0.1, 0.15) is 43.8 Å². The molecular weight excluding hydrogens is 459 g/mol. The number of benzene rings is 1. The predicted octanol–water partition coefficient (Wildman–Crippen LogP) is 4.16. The van der Waals surface area contributed by atoms with Gasteiger partial charge in [0.2, 0.25) is 0 Å². The van der Waals surface area contributed by atoms with E-state index in [4.69, 9.17) is 9.73 Å². The Balaban J connectivity index is 0.00000243. The molecule has 1 aromatic heterocycles. The van der Waals surface area contributed by atoms with E-state index < -0.39 is 0 Å². The van der Waals surface area contributed by atoms with Crippen LogP contribution in [0.2, 0.25) is 0 Å². The van der Waals surface area contributed by atoms with Gasteiger partial charge in [-0.2, -0.15) is 0 Å². The summed E-state index contributed by atoms with van der Waals surface area (Å²) in [4.78, 5) is 9.04. The molecule has 2 heterocycles. The van der Waals surface area contributed by atoms with Gasteiger partial charge in [0.05, 0.1) is 11.0 Å². The fraction of sp³-hybridized carbons (Fsp3) is 0.474. The molecule has 26 heavy (non-hydrogen) atoms. The van der Waals surface area contributed by atoms with Crippen LogP contribution in [-0.2, 0) is 6.42 Å². The summed E-state index contributed by atoms with van der Waals surface area (Å²) in [6.07, 6.45) is 3.60. The second kappa shape index (κ2) is 9.55. The summed E-state index contributed by atoms with van der Waals surface area (Å²) in [5.41, 5.74) is 0.983. The molecule has 0 saturated carbocycles. The molecule has 142 valence electrons. The maximum Gasteiger partial charge on any atom is 0.191 e. The third-order valence-corrected chi connectivity index (χ3v) is 4.95. The Morgan fingerprint density at radius 2 is 2.19 bits per heavy atom. The van der Waals surface area contributed by atoms with Crippen molar-refractivity contribution in [3.8, 4) is 5.75 Å². The topological polar surface area (TPSA) is 58.5 Å². The molecule has 2 aromatic rings. The summed E-state index contributed by atoms with van der Waals surface area (Å²) in [5, 5.41) is 10.1. The average Bonchev–Trinajstić information content (AvgIpc) is 3.07. The highest BCUT2D eigenvalue weighted by Crippen LogP contribution is 2.39. The molecule has 1 unspecified atom stereocenters. The van der Waals surface area contributed by atoms with E-state index in [1.807, 2.05) is 23.7 Å². The van der Waals surface area contributed by atoms with E-state index in [1.165, 1.54) is 5.56 Å². The monoisotopic (exact) mass is 486 g/mol. The molecule has 7 heteroatoms. The zero-order valence-electron chi connectivity index (χ0n) is 15.5.